The van der Waals surface area contributed by atoms with Gasteiger partial charge >= 0.3 is 7.12 Å². The topological polar surface area (TPSA) is 89.8 Å². The van der Waals surface area contributed by atoms with Crippen molar-refractivity contribution in [3.8, 4) is 5.82 Å². The SMILES string of the molecule is C[C@@H](c1ccc(-n2cc(F)cn2)nc1)N1CCN(C)C2(CC=C(B3OC(C)(C)C(C)(C)O3)CC2)C1C(=O)C=O. The Morgan fingerprint density at radius 3 is 2.44 bits per heavy atom. The quantitative estimate of drug-likeness (QED) is 0.315. The van der Waals surface area contributed by atoms with E-state index in [1.165, 1.54) is 10.9 Å². The van der Waals surface area contributed by atoms with E-state index in [4.69, 9.17) is 9.31 Å². The number of ketones is 1. The molecule has 0 N–H and O–H groups in total. The Hall–Kier alpha value is -2.73. The maximum absolute atomic E-state index is 13.4. The van der Waals surface area contributed by atoms with Crippen LogP contribution in [0.3, 0.4) is 0 Å². The van der Waals surface area contributed by atoms with Crippen molar-refractivity contribution in [2.45, 2.75) is 82.7 Å². The van der Waals surface area contributed by atoms with E-state index in [0.717, 1.165) is 23.8 Å². The highest BCUT2D eigenvalue weighted by molar-refractivity contribution is 6.54. The summed E-state index contributed by atoms with van der Waals surface area (Å²) in [4.78, 5) is 34.1. The van der Waals surface area contributed by atoms with Gasteiger partial charge in [-0.2, -0.15) is 5.10 Å². The maximum atomic E-state index is 13.4. The number of aromatic nitrogens is 3. The van der Waals surface area contributed by atoms with Crippen molar-refractivity contribution in [1.29, 1.82) is 0 Å². The molecule has 2 aliphatic heterocycles. The molecule has 0 aromatic carbocycles. The largest absolute Gasteiger partial charge is 0.490 e. The highest BCUT2D eigenvalue weighted by Crippen LogP contribution is 2.45. The summed E-state index contributed by atoms with van der Waals surface area (Å²) in [5, 5.41) is 3.97. The van der Waals surface area contributed by atoms with Crippen molar-refractivity contribution in [2.24, 2.45) is 0 Å². The number of hydrogen-bond donors (Lipinski definition) is 0. The Kier molecular flexibility index (Phi) is 7.16. The van der Waals surface area contributed by atoms with E-state index < -0.39 is 41.5 Å². The average molecular weight is 537 g/mol. The number of pyridine rings is 1. The van der Waals surface area contributed by atoms with Gasteiger partial charge in [-0.05, 0) is 78.0 Å². The summed E-state index contributed by atoms with van der Waals surface area (Å²) in [6.07, 6.45) is 8.77. The molecule has 0 radical (unpaired) electrons. The van der Waals surface area contributed by atoms with Gasteiger partial charge in [0.1, 0.15) is 0 Å². The molecule has 9 nitrogen and oxygen atoms in total. The lowest BCUT2D eigenvalue weighted by Gasteiger charge is -2.56. The van der Waals surface area contributed by atoms with Gasteiger partial charge in [-0.3, -0.25) is 19.4 Å². The summed E-state index contributed by atoms with van der Waals surface area (Å²) in [6, 6.07) is 2.91. The lowest BCUT2D eigenvalue weighted by atomic mass is 9.65. The number of nitrogens with zero attached hydrogens (tertiary/aromatic N) is 5. The van der Waals surface area contributed by atoms with Crippen LogP contribution in [0.15, 0.2) is 42.3 Å². The zero-order valence-corrected chi connectivity index (χ0v) is 23.6. The number of Topliss-reactive ketones (excluding diaryl/α,β-unsaturated/α-hetero) is 1. The van der Waals surface area contributed by atoms with Crippen LogP contribution in [0.4, 0.5) is 4.39 Å². The molecule has 0 amide bonds. The summed E-state index contributed by atoms with van der Waals surface area (Å²) >= 11 is 0. The first-order valence-corrected chi connectivity index (χ1v) is 13.6. The van der Waals surface area contributed by atoms with E-state index >= 15 is 0 Å². The van der Waals surface area contributed by atoms with Gasteiger partial charge < -0.3 is 9.31 Å². The van der Waals surface area contributed by atoms with Crippen LogP contribution >= 0.6 is 0 Å². The number of halogens is 1. The summed E-state index contributed by atoms with van der Waals surface area (Å²) in [5.41, 5.74) is 0.612. The van der Waals surface area contributed by atoms with Crippen LogP contribution < -0.4 is 0 Å². The lowest BCUT2D eigenvalue weighted by molar-refractivity contribution is -0.144. The number of carbonyl (C=O) groups excluding carboxylic acids is 2. The van der Waals surface area contributed by atoms with Gasteiger partial charge in [-0.15, -0.1) is 0 Å². The first kappa shape index (κ1) is 27.8. The third kappa shape index (κ3) is 4.79. The van der Waals surface area contributed by atoms with Crippen LogP contribution in [-0.2, 0) is 18.9 Å². The highest BCUT2D eigenvalue weighted by Gasteiger charge is 2.56. The number of allylic oxidation sites excluding steroid dienone is 1. The molecule has 11 heteroatoms. The molecule has 0 bridgehead atoms. The molecule has 3 atom stereocenters. The zero-order valence-electron chi connectivity index (χ0n) is 23.6. The molecule has 4 heterocycles. The van der Waals surface area contributed by atoms with E-state index in [9.17, 15) is 14.0 Å². The first-order valence-electron chi connectivity index (χ1n) is 13.6. The molecule has 2 fully saturated rings. The Bertz CT molecular complexity index is 1260. The number of piperazine rings is 1. The van der Waals surface area contributed by atoms with Crippen LogP contribution in [0.25, 0.3) is 5.82 Å². The molecule has 5 rings (SSSR count). The Balaban J connectivity index is 1.41. The smallest absolute Gasteiger partial charge is 0.400 e. The Morgan fingerprint density at radius 1 is 1.18 bits per heavy atom. The van der Waals surface area contributed by atoms with Crippen molar-refractivity contribution in [3.05, 3.63) is 53.7 Å². The molecule has 2 aromatic rings. The maximum Gasteiger partial charge on any atom is 0.490 e. The molecule has 208 valence electrons. The van der Waals surface area contributed by atoms with E-state index in [-0.39, 0.29) is 6.04 Å². The number of rotatable bonds is 6. The van der Waals surface area contributed by atoms with Crippen molar-refractivity contribution in [3.63, 3.8) is 0 Å². The molecule has 1 spiro atoms. The van der Waals surface area contributed by atoms with Crippen molar-refractivity contribution in [2.75, 3.05) is 20.1 Å². The lowest BCUT2D eigenvalue weighted by Crippen LogP contribution is -2.70. The second-order valence-electron chi connectivity index (χ2n) is 12.0. The third-order valence-electron chi connectivity index (χ3n) is 9.34. The van der Waals surface area contributed by atoms with Gasteiger partial charge in [0.25, 0.3) is 0 Å². The van der Waals surface area contributed by atoms with Gasteiger partial charge in [0.15, 0.2) is 17.9 Å². The van der Waals surface area contributed by atoms with Crippen LogP contribution in [0.2, 0.25) is 0 Å². The minimum Gasteiger partial charge on any atom is -0.400 e. The monoisotopic (exact) mass is 537 g/mol. The molecule has 1 aliphatic carbocycles. The van der Waals surface area contributed by atoms with Gasteiger partial charge in [0.2, 0.25) is 5.78 Å². The predicted octanol–water partition coefficient (Wildman–Crippen LogP) is 3.33. The number of hydrogen-bond acceptors (Lipinski definition) is 8. The molecule has 39 heavy (non-hydrogen) atoms. The minimum absolute atomic E-state index is 0.172. The van der Waals surface area contributed by atoms with E-state index in [2.05, 4.69) is 26.0 Å². The zero-order chi connectivity index (χ0) is 28.2. The molecule has 2 aromatic heterocycles. The average Bonchev–Trinajstić information content (AvgIpc) is 3.44. The van der Waals surface area contributed by atoms with Crippen LogP contribution in [0.1, 0.15) is 65.5 Å². The fraction of sp³-hybridized carbons (Fsp3) is 0.571. The molecule has 3 aliphatic rings. The molecular weight excluding hydrogens is 500 g/mol. The third-order valence-corrected chi connectivity index (χ3v) is 9.34. The Morgan fingerprint density at radius 2 is 1.90 bits per heavy atom. The standard InChI is InChI=1S/C28H37BFN5O4/c1-19(20-7-8-24(31-15-20)35-17-22(30)16-32-35)34-14-13-33(6)28(25(34)23(37)18-36)11-9-21(10-12-28)29-38-26(2,3)27(4,5)39-29/h7-9,15-19,25H,10-14H2,1-6H3/t19-,25?,28?/m0/s1. The molecular formula is C28H37BFN5O4. The van der Waals surface area contributed by atoms with Crippen molar-refractivity contribution in [1.82, 2.24) is 24.6 Å². The van der Waals surface area contributed by atoms with E-state index in [0.29, 0.717) is 37.9 Å². The number of likely N-dealkylation sites (N-methyl/N-ethyl adjacent to an activating group) is 1. The summed E-state index contributed by atoms with van der Waals surface area (Å²) in [5.74, 6) is -0.356. The Labute approximate surface area is 229 Å². The highest BCUT2D eigenvalue weighted by atomic mass is 19.1. The van der Waals surface area contributed by atoms with Crippen molar-refractivity contribution >= 4 is 19.2 Å². The van der Waals surface area contributed by atoms with E-state index in [1.807, 2.05) is 47.7 Å². The van der Waals surface area contributed by atoms with Crippen LogP contribution in [-0.4, -0.2) is 86.7 Å². The first-order chi connectivity index (χ1) is 18.4. The fourth-order valence-corrected chi connectivity index (χ4v) is 6.12. The normalized spacial score (nSPS) is 27.9. The molecule has 2 unspecified atom stereocenters. The second kappa shape index (κ2) is 10.0. The van der Waals surface area contributed by atoms with Crippen molar-refractivity contribution < 1.29 is 23.3 Å². The summed E-state index contributed by atoms with van der Waals surface area (Å²) < 4.78 is 27.4. The van der Waals surface area contributed by atoms with Gasteiger partial charge in [-0.25, -0.2) is 14.1 Å². The predicted molar refractivity (Wildman–Crippen MR) is 145 cm³/mol. The molecule has 2 saturated heterocycles. The molecule has 0 saturated carbocycles. The number of carbonyl (C=O) groups is 2. The fourth-order valence-electron chi connectivity index (χ4n) is 6.12. The summed E-state index contributed by atoms with van der Waals surface area (Å²) in [6.45, 7) is 11.6. The minimum atomic E-state index is -0.611. The van der Waals surface area contributed by atoms with Gasteiger partial charge in [0, 0.05) is 30.9 Å². The van der Waals surface area contributed by atoms with Crippen LogP contribution in [0.5, 0.6) is 0 Å². The van der Waals surface area contributed by atoms with Gasteiger partial charge in [-0.1, -0.05) is 12.1 Å². The van der Waals surface area contributed by atoms with Gasteiger partial charge in [0.05, 0.1) is 29.6 Å². The van der Waals surface area contributed by atoms with E-state index in [1.54, 1.807) is 12.3 Å². The summed E-state index contributed by atoms with van der Waals surface area (Å²) in [7, 11) is 1.63. The second-order valence-corrected chi connectivity index (χ2v) is 12.0. The van der Waals surface area contributed by atoms with Crippen LogP contribution in [0, 0.1) is 5.82 Å². The number of aldehydes is 1.